The first kappa shape index (κ1) is 14.6. The van der Waals surface area contributed by atoms with Crippen molar-refractivity contribution in [2.24, 2.45) is 5.92 Å². The smallest absolute Gasteiger partial charge is 0.330 e. The van der Waals surface area contributed by atoms with Crippen LogP contribution in [0, 0.1) is 5.92 Å². The number of esters is 1. The van der Waals surface area contributed by atoms with E-state index >= 15 is 0 Å². The summed E-state index contributed by atoms with van der Waals surface area (Å²) in [6.45, 7) is 3.24. The van der Waals surface area contributed by atoms with Crippen molar-refractivity contribution in [1.82, 2.24) is 5.32 Å². The van der Waals surface area contributed by atoms with Crippen LogP contribution in [-0.4, -0.2) is 32.7 Å². The number of anilines is 1. The third kappa shape index (κ3) is 4.70. The third-order valence-electron chi connectivity index (χ3n) is 3.55. The molecule has 0 aliphatic carbocycles. The normalized spacial score (nSPS) is 16.2. The lowest BCUT2D eigenvalue weighted by molar-refractivity contribution is -0.134. The summed E-state index contributed by atoms with van der Waals surface area (Å²) in [5.74, 6) is 0.406. The average molecular weight is 274 g/mol. The molecule has 4 heteroatoms. The summed E-state index contributed by atoms with van der Waals surface area (Å²) in [4.78, 5) is 11.1. The van der Waals surface area contributed by atoms with E-state index in [1.54, 1.807) is 6.08 Å². The minimum atomic E-state index is -0.335. The lowest BCUT2D eigenvalue weighted by atomic mass is 9.98. The van der Waals surface area contributed by atoms with Crippen molar-refractivity contribution in [1.29, 1.82) is 0 Å². The second kappa shape index (κ2) is 7.70. The molecular weight excluding hydrogens is 252 g/mol. The molecule has 1 aliphatic heterocycles. The monoisotopic (exact) mass is 274 g/mol. The number of ether oxygens (including phenoxy) is 1. The molecule has 108 valence electrons. The summed E-state index contributed by atoms with van der Waals surface area (Å²) in [5.41, 5.74) is 2.08. The predicted molar refractivity (Wildman–Crippen MR) is 81.6 cm³/mol. The molecule has 0 atom stereocenters. The Morgan fingerprint density at radius 2 is 2.25 bits per heavy atom. The van der Waals surface area contributed by atoms with E-state index < -0.39 is 0 Å². The molecule has 0 aromatic heterocycles. The lowest BCUT2D eigenvalue weighted by Gasteiger charge is -2.23. The van der Waals surface area contributed by atoms with E-state index in [9.17, 15) is 4.79 Å². The Morgan fingerprint density at radius 1 is 1.45 bits per heavy atom. The van der Waals surface area contributed by atoms with E-state index in [0.29, 0.717) is 0 Å². The summed E-state index contributed by atoms with van der Waals surface area (Å²) in [7, 11) is 1.38. The maximum atomic E-state index is 11.1. The van der Waals surface area contributed by atoms with Gasteiger partial charge in [0.15, 0.2) is 0 Å². The molecule has 2 rings (SSSR count). The first-order valence-electron chi connectivity index (χ1n) is 7.08. The van der Waals surface area contributed by atoms with Gasteiger partial charge in [0.2, 0.25) is 0 Å². The number of carbonyl (C=O) groups excluding carboxylic acids is 1. The highest BCUT2D eigenvalue weighted by atomic mass is 16.5. The van der Waals surface area contributed by atoms with Crippen molar-refractivity contribution in [3.8, 4) is 0 Å². The number of hydrogen-bond donors (Lipinski definition) is 2. The van der Waals surface area contributed by atoms with Gasteiger partial charge in [-0.05, 0) is 55.6 Å². The van der Waals surface area contributed by atoms with Gasteiger partial charge < -0.3 is 15.4 Å². The highest BCUT2D eigenvalue weighted by Crippen LogP contribution is 2.16. The molecule has 0 spiro atoms. The van der Waals surface area contributed by atoms with Crippen molar-refractivity contribution in [2.75, 3.05) is 32.1 Å². The molecule has 0 radical (unpaired) electrons. The molecule has 20 heavy (non-hydrogen) atoms. The van der Waals surface area contributed by atoms with Gasteiger partial charge in [-0.25, -0.2) is 4.79 Å². The van der Waals surface area contributed by atoms with Crippen LogP contribution in [-0.2, 0) is 9.53 Å². The molecule has 0 saturated carbocycles. The standard InChI is InChI=1S/C16H22N2O2/c1-20-16(19)6-5-13-3-2-4-15(11-13)18-12-14-7-9-17-10-8-14/h2-6,11,14,17-18H,7-10,12H2,1H3/b6-5+. The first-order valence-corrected chi connectivity index (χ1v) is 7.08. The van der Waals surface area contributed by atoms with E-state index in [1.165, 1.54) is 26.0 Å². The Hall–Kier alpha value is -1.81. The summed E-state index contributed by atoms with van der Waals surface area (Å²) >= 11 is 0. The first-order chi connectivity index (χ1) is 9.78. The van der Waals surface area contributed by atoms with Crippen LogP contribution < -0.4 is 10.6 Å². The van der Waals surface area contributed by atoms with Crippen LogP contribution in [0.15, 0.2) is 30.3 Å². The maximum absolute atomic E-state index is 11.1. The second-order valence-corrected chi connectivity index (χ2v) is 5.06. The van der Waals surface area contributed by atoms with Crippen molar-refractivity contribution in [2.45, 2.75) is 12.8 Å². The zero-order chi connectivity index (χ0) is 14.2. The number of carbonyl (C=O) groups is 1. The Labute approximate surface area is 120 Å². The lowest BCUT2D eigenvalue weighted by Crippen LogP contribution is -2.31. The molecule has 1 aromatic rings. The fourth-order valence-corrected chi connectivity index (χ4v) is 2.33. The second-order valence-electron chi connectivity index (χ2n) is 5.06. The Bertz CT molecular complexity index is 465. The molecule has 4 nitrogen and oxygen atoms in total. The van der Waals surface area contributed by atoms with E-state index in [-0.39, 0.29) is 5.97 Å². The van der Waals surface area contributed by atoms with Crippen LogP contribution in [0.1, 0.15) is 18.4 Å². The van der Waals surface area contributed by atoms with E-state index in [2.05, 4.69) is 21.4 Å². The Balaban J connectivity index is 1.88. The van der Waals surface area contributed by atoms with Gasteiger partial charge in [0.1, 0.15) is 0 Å². The molecule has 2 N–H and O–H groups in total. The minimum absolute atomic E-state index is 0.335. The van der Waals surface area contributed by atoms with E-state index in [0.717, 1.165) is 36.8 Å². The van der Waals surface area contributed by atoms with Gasteiger partial charge in [-0.15, -0.1) is 0 Å². The van der Waals surface area contributed by atoms with Gasteiger partial charge in [0, 0.05) is 18.3 Å². The molecule has 0 bridgehead atoms. The Kier molecular flexibility index (Phi) is 5.62. The summed E-state index contributed by atoms with van der Waals surface area (Å²) in [6.07, 6.45) is 5.66. The van der Waals surface area contributed by atoms with E-state index in [1.807, 2.05) is 18.2 Å². The zero-order valence-electron chi connectivity index (χ0n) is 11.9. The molecule has 1 aliphatic rings. The van der Waals surface area contributed by atoms with Gasteiger partial charge in [0.25, 0.3) is 0 Å². The molecule has 0 unspecified atom stereocenters. The molecule has 0 amide bonds. The van der Waals surface area contributed by atoms with Gasteiger partial charge in [-0.2, -0.15) is 0 Å². The number of piperidine rings is 1. The van der Waals surface area contributed by atoms with Crippen LogP contribution in [0.5, 0.6) is 0 Å². The van der Waals surface area contributed by atoms with Crippen LogP contribution >= 0.6 is 0 Å². The van der Waals surface area contributed by atoms with Gasteiger partial charge in [0.05, 0.1) is 7.11 Å². The number of hydrogen-bond acceptors (Lipinski definition) is 4. The van der Waals surface area contributed by atoms with Crippen molar-refractivity contribution >= 4 is 17.7 Å². The number of benzene rings is 1. The molecule has 1 aromatic carbocycles. The molecular formula is C16H22N2O2. The molecule has 1 fully saturated rings. The number of methoxy groups -OCH3 is 1. The van der Waals surface area contributed by atoms with Crippen LogP contribution in [0.2, 0.25) is 0 Å². The average Bonchev–Trinajstić information content (AvgIpc) is 2.52. The van der Waals surface area contributed by atoms with E-state index in [4.69, 9.17) is 0 Å². The maximum Gasteiger partial charge on any atom is 0.330 e. The largest absolute Gasteiger partial charge is 0.466 e. The van der Waals surface area contributed by atoms with Crippen LogP contribution in [0.3, 0.4) is 0 Å². The number of rotatable bonds is 5. The molecule has 1 heterocycles. The summed E-state index contributed by atoms with van der Waals surface area (Å²) in [5, 5.41) is 6.85. The third-order valence-corrected chi connectivity index (χ3v) is 3.55. The summed E-state index contributed by atoms with van der Waals surface area (Å²) < 4.78 is 4.58. The van der Waals surface area contributed by atoms with Crippen molar-refractivity contribution < 1.29 is 9.53 Å². The zero-order valence-corrected chi connectivity index (χ0v) is 11.9. The molecule has 1 saturated heterocycles. The fourth-order valence-electron chi connectivity index (χ4n) is 2.33. The van der Waals surface area contributed by atoms with Gasteiger partial charge in [-0.1, -0.05) is 12.1 Å². The number of nitrogens with one attached hydrogen (secondary N) is 2. The quantitative estimate of drug-likeness (QED) is 0.639. The van der Waals surface area contributed by atoms with Crippen molar-refractivity contribution in [3.63, 3.8) is 0 Å². The SMILES string of the molecule is COC(=O)/C=C/c1cccc(NCC2CCNCC2)c1. The minimum Gasteiger partial charge on any atom is -0.466 e. The Morgan fingerprint density at radius 3 is 3.00 bits per heavy atom. The highest BCUT2D eigenvalue weighted by molar-refractivity contribution is 5.87. The predicted octanol–water partition coefficient (Wildman–Crippen LogP) is 2.28. The summed E-state index contributed by atoms with van der Waals surface area (Å²) in [6, 6.07) is 8.05. The highest BCUT2D eigenvalue weighted by Gasteiger charge is 2.12. The topological polar surface area (TPSA) is 50.4 Å². The fraction of sp³-hybridized carbons (Fsp3) is 0.438. The van der Waals surface area contributed by atoms with Crippen LogP contribution in [0.4, 0.5) is 5.69 Å². The van der Waals surface area contributed by atoms with Crippen molar-refractivity contribution in [3.05, 3.63) is 35.9 Å². The van der Waals surface area contributed by atoms with Gasteiger partial charge in [-0.3, -0.25) is 0 Å². The van der Waals surface area contributed by atoms with Crippen LogP contribution in [0.25, 0.3) is 6.08 Å². The van der Waals surface area contributed by atoms with Gasteiger partial charge >= 0.3 is 5.97 Å².